The first kappa shape index (κ1) is 24.7. The summed E-state index contributed by atoms with van der Waals surface area (Å²) in [4.78, 5) is 67.0. The molecule has 2 heterocycles. The van der Waals surface area contributed by atoms with Crippen molar-refractivity contribution in [2.24, 2.45) is 0 Å². The smallest absolute Gasteiger partial charge is 0.303 e. The Kier molecular flexibility index (Phi) is 10.7. The van der Waals surface area contributed by atoms with E-state index in [1.807, 2.05) is 0 Å². The number of nitrogens with zero attached hydrogens (tertiary/aromatic N) is 2. The second-order valence-corrected chi connectivity index (χ2v) is 6.73. The number of aliphatic carboxylic acids is 2. The molecule has 0 spiro atoms. The second-order valence-electron chi connectivity index (χ2n) is 6.73. The Morgan fingerprint density at radius 1 is 0.567 bits per heavy atom. The molecule has 0 atom stereocenters. The molecule has 2 aliphatic heterocycles. The zero-order chi connectivity index (χ0) is 22.5. The SMILES string of the molecule is O=C(O)CCCCCN1C(=O)C=CC1=O.O=C(O)CCCCCN1C(=O)C=CC1=O. The zero-order valence-electron chi connectivity index (χ0n) is 16.6. The maximum absolute atomic E-state index is 11.1. The Hall–Kier alpha value is -3.30. The molecule has 4 amide bonds. The van der Waals surface area contributed by atoms with E-state index in [0.717, 1.165) is 0 Å². The van der Waals surface area contributed by atoms with Crippen LogP contribution in [0.1, 0.15) is 51.4 Å². The number of amides is 4. The summed E-state index contributed by atoms with van der Waals surface area (Å²) in [6, 6.07) is 0. The standard InChI is InChI=1S/2C10H13NO4/c2*12-8-5-6-9(13)11(8)7-3-1-2-4-10(14)15/h2*5-6H,1-4,7H2,(H,14,15). The fourth-order valence-corrected chi connectivity index (χ4v) is 2.75. The first-order chi connectivity index (χ1) is 14.2. The molecule has 0 saturated carbocycles. The Balaban J connectivity index is 0.000000300. The van der Waals surface area contributed by atoms with E-state index >= 15 is 0 Å². The third kappa shape index (κ3) is 9.26. The number of imide groups is 2. The summed E-state index contributed by atoms with van der Waals surface area (Å²) in [5, 5.41) is 16.8. The monoisotopic (exact) mass is 422 g/mol. The third-order valence-electron chi connectivity index (χ3n) is 4.35. The van der Waals surface area contributed by atoms with Crippen LogP contribution in [-0.2, 0) is 28.8 Å². The number of carbonyl (C=O) groups is 6. The second kappa shape index (κ2) is 13.0. The normalized spacial score (nSPS) is 15.1. The van der Waals surface area contributed by atoms with E-state index < -0.39 is 11.9 Å². The maximum Gasteiger partial charge on any atom is 0.303 e. The van der Waals surface area contributed by atoms with Crippen LogP contribution in [0.5, 0.6) is 0 Å². The van der Waals surface area contributed by atoms with Crippen LogP contribution in [0.3, 0.4) is 0 Å². The highest BCUT2D eigenvalue weighted by atomic mass is 16.4. The molecule has 10 heteroatoms. The summed E-state index contributed by atoms with van der Waals surface area (Å²) in [7, 11) is 0. The van der Waals surface area contributed by atoms with Crippen LogP contribution in [-0.4, -0.2) is 68.7 Å². The van der Waals surface area contributed by atoms with Gasteiger partial charge in [0.25, 0.3) is 23.6 Å². The van der Waals surface area contributed by atoms with Crippen LogP contribution < -0.4 is 0 Å². The molecule has 2 aliphatic rings. The van der Waals surface area contributed by atoms with E-state index in [1.54, 1.807) is 0 Å². The Bertz CT molecular complexity index is 643. The first-order valence-corrected chi connectivity index (χ1v) is 9.73. The van der Waals surface area contributed by atoms with Gasteiger partial charge >= 0.3 is 11.9 Å². The van der Waals surface area contributed by atoms with Crippen molar-refractivity contribution in [2.75, 3.05) is 13.1 Å². The van der Waals surface area contributed by atoms with Crippen molar-refractivity contribution < 1.29 is 39.0 Å². The van der Waals surface area contributed by atoms with Gasteiger partial charge in [0.1, 0.15) is 0 Å². The van der Waals surface area contributed by atoms with Crippen LogP contribution >= 0.6 is 0 Å². The molecule has 0 saturated heterocycles. The lowest BCUT2D eigenvalue weighted by molar-refractivity contribution is -0.138. The lowest BCUT2D eigenvalue weighted by Gasteiger charge is -2.12. The molecule has 0 bridgehead atoms. The number of unbranched alkanes of at least 4 members (excludes halogenated alkanes) is 4. The highest BCUT2D eigenvalue weighted by Gasteiger charge is 2.22. The molecule has 2 rings (SSSR count). The average Bonchev–Trinajstić information content (AvgIpc) is 3.17. The number of rotatable bonds is 12. The predicted molar refractivity (Wildman–Crippen MR) is 104 cm³/mol. The van der Waals surface area contributed by atoms with E-state index in [4.69, 9.17) is 10.2 Å². The van der Waals surface area contributed by atoms with Gasteiger partial charge in [0, 0.05) is 50.2 Å². The summed E-state index contributed by atoms with van der Waals surface area (Å²) >= 11 is 0. The molecule has 0 aromatic heterocycles. The summed E-state index contributed by atoms with van der Waals surface area (Å²) in [6.07, 6.45) is 9.18. The van der Waals surface area contributed by atoms with E-state index in [-0.39, 0.29) is 36.5 Å². The van der Waals surface area contributed by atoms with Crippen molar-refractivity contribution in [1.29, 1.82) is 0 Å². The van der Waals surface area contributed by atoms with Crippen molar-refractivity contribution >= 4 is 35.6 Å². The zero-order valence-corrected chi connectivity index (χ0v) is 16.6. The van der Waals surface area contributed by atoms with Gasteiger partial charge in [0.2, 0.25) is 0 Å². The minimum Gasteiger partial charge on any atom is -0.481 e. The molecule has 0 aromatic rings. The molecule has 2 N–H and O–H groups in total. The van der Waals surface area contributed by atoms with Crippen molar-refractivity contribution in [2.45, 2.75) is 51.4 Å². The molecule has 0 radical (unpaired) electrons. The highest BCUT2D eigenvalue weighted by Crippen LogP contribution is 2.08. The number of carbonyl (C=O) groups excluding carboxylic acids is 4. The van der Waals surface area contributed by atoms with Crippen molar-refractivity contribution in [3.8, 4) is 0 Å². The minimum atomic E-state index is -0.815. The van der Waals surface area contributed by atoms with Gasteiger partial charge in [-0.3, -0.25) is 38.6 Å². The lowest BCUT2D eigenvalue weighted by Crippen LogP contribution is -2.30. The molecule has 0 unspecified atom stereocenters. The lowest BCUT2D eigenvalue weighted by atomic mass is 10.2. The number of carboxylic acid groups (broad SMARTS) is 2. The fraction of sp³-hybridized carbons (Fsp3) is 0.500. The molecule has 0 aliphatic carbocycles. The van der Waals surface area contributed by atoms with Crippen molar-refractivity contribution in [3.05, 3.63) is 24.3 Å². The summed E-state index contributed by atoms with van der Waals surface area (Å²) in [5.41, 5.74) is 0. The van der Waals surface area contributed by atoms with Gasteiger partial charge in [0.15, 0.2) is 0 Å². The number of hydrogen-bond acceptors (Lipinski definition) is 6. The third-order valence-corrected chi connectivity index (χ3v) is 4.35. The van der Waals surface area contributed by atoms with E-state index in [2.05, 4.69) is 0 Å². The number of carboxylic acids is 2. The quantitative estimate of drug-likeness (QED) is 0.351. The molecular weight excluding hydrogens is 396 g/mol. The van der Waals surface area contributed by atoms with Gasteiger partial charge in [-0.1, -0.05) is 12.8 Å². The molecule has 164 valence electrons. The van der Waals surface area contributed by atoms with E-state index in [0.29, 0.717) is 51.6 Å². The Morgan fingerprint density at radius 3 is 1.13 bits per heavy atom. The van der Waals surface area contributed by atoms with Crippen LogP contribution in [0.15, 0.2) is 24.3 Å². The molecule has 30 heavy (non-hydrogen) atoms. The van der Waals surface area contributed by atoms with Crippen LogP contribution in [0.25, 0.3) is 0 Å². The van der Waals surface area contributed by atoms with Gasteiger partial charge in [0.05, 0.1) is 0 Å². The van der Waals surface area contributed by atoms with Crippen LogP contribution in [0, 0.1) is 0 Å². The average molecular weight is 422 g/mol. The largest absolute Gasteiger partial charge is 0.481 e. The fourth-order valence-electron chi connectivity index (χ4n) is 2.75. The van der Waals surface area contributed by atoms with Crippen LogP contribution in [0.4, 0.5) is 0 Å². The minimum absolute atomic E-state index is 0.139. The van der Waals surface area contributed by atoms with Crippen molar-refractivity contribution in [1.82, 2.24) is 9.80 Å². The Labute approximate surface area is 173 Å². The maximum atomic E-state index is 11.1. The molecule has 10 nitrogen and oxygen atoms in total. The topological polar surface area (TPSA) is 149 Å². The molecular formula is C20H26N2O8. The van der Waals surface area contributed by atoms with E-state index in [9.17, 15) is 28.8 Å². The van der Waals surface area contributed by atoms with Gasteiger partial charge in [-0.2, -0.15) is 0 Å². The van der Waals surface area contributed by atoms with Gasteiger partial charge in [-0.15, -0.1) is 0 Å². The van der Waals surface area contributed by atoms with Crippen molar-refractivity contribution in [3.63, 3.8) is 0 Å². The van der Waals surface area contributed by atoms with Gasteiger partial charge in [-0.25, -0.2) is 0 Å². The van der Waals surface area contributed by atoms with Gasteiger partial charge < -0.3 is 10.2 Å². The molecule has 0 aromatic carbocycles. The predicted octanol–water partition coefficient (Wildman–Crippen LogP) is 1.11. The van der Waals surface area contributed by atoms with E-state index in [1.165, 1.54) is 34.1 Å². The summed E-state index contributed by atoms with van der Waals surface area (Å²) in [6.45, 7) is 0.759. The van der Waals surface area contributed by atoms with Crippen LogP contribution in [0.2, 0.25) is 0 Å². The van der Waals surface area contributed by atoms with Gasteiger partial charge in [-0.05, 0) is 25.7 Å². The highest BCUT2D eigenvalue weighted by molar-refractivity contribution is 6.13. The Morgan fingerprint density at radius 2 is 0.867 bits per heavy atom. The summed E-state index contributed by atoms with van der Waals surface area (Å²) < 4.78 is 0. The number of hydrogen-bond donors (Lipinski definition) is 2. The first-order valence-electron chi connectivity index (χ1n) is 9.73. The molecule has 0 fully saturated rings. The summed E-state index contributed by atoms with van der Waals surface area (Å²) in [5.74, 6) is -2.75.